The maximum absolute atomic E-state index is 12.8. The summed E-state index contributed by atoms with van der Waals surface area (Å²) < 4.78 is 11.4. The monoisotopic (exact) mass is 350 g/mol. The second kappa shape index (κ2) is 7.00. The lowest BCUT2D eigenvalue weighted by atomic mass is 9.98. The number of fused-ring (bicyclic) bond motifs is 2. The van der Waals surface area contributed by atoms with E-state index >= 15 is 0 Å². The van der Waals surface area contributed by atoms with Crippen LogP contribution in [0.15, 0.2) is 24.3 Å². The molecule has 0 saturated carbocycles. The Morgan fingerprint density at radius 1 is 1.17 bits per heavy atom. The number of amides is 1. The molecule has 4 rings (SSSR count). The number of rotatable bonds is 3. The highest BCUT2D eigenvalue weighted by Crippen LogP contribution is 2.34. The minimum atomic E-state index is 0.00307. The summed E-state index contributed by atoms with van der Waals surface area (Å²) in [5.41, 5.74) is 1.25. The van der Waals surface area contributed by atoms with E-state index in [0.29, 0.717) is 26.3 Å². The first-order valence-corrected chi connectivity index (χ1v) is 9.05. The molecule has 0 unspecified atom stereocenters. The fraction of sp³-hybridized carbons (Fsp3) is 0.611. The number of hydrogen-bond donors (Lipinski definition) is 0. The van der Waals surface area contributed by atoms with E-state index in [1.807, 2.05) is 17.0 Å². The number of likely N-dealkylation sites (tertiary alicyclic amines) is 1. The average molecular weight is 351 g/mol. The van der Waals surface area contributed by atoms with Crippen LogP contribution in [0.5, 0.6) is 0 Å². The Kier molecular flexibility index (Phi) is 4.77. The Morgan fingerprint density at radius 2 is 1.92 bits per heavy atom. The third kappa shape index (κ3) is 3.45. The fourth-order valence-electron chi connectivity index (χ4n) is 3.99. The number of ether oxygens (including phenoxy) is 2. The van der Waals surface area contributed by atoms with Gasteiger partial charge in [0.05, 0.1) is 31.3 Å². The first kappa shape index (κ1) is 16.3. The first-order chi connectivity index (χ1) is 11.7. The number of nitrogens with zero attached hydrogens (tertiary/aromatic N) is 2. The van der Waals surface area contributed by atoms with Crippen LogP contribution in [0.3, 0.4) is 0 Å². The van der Waals surface area contributed by atoms with Gasteiger partial charge in [-0.05, 0) is 24.1 Å². The molecule has 0 radical (unpaired) electrons. The van der Waals surface area contributed by atoms with Crippen LogP contribution >= 0.6 is 11.6 Å². The molecular formula is C18H23ClN2O3. The molecule has 3 aliphatic heterocycles. The number of carbonyl (C=O) groups excluding carboxylic acids is 1. The fourth-order valence-corrected chi connectivity index (χ4v) is 4.12. The molecule has 1 aromatic carbocycles. The van der Waals surface area contributed by atoms with Crippen molar-refractivity contribution in [3.8, 4) is 0 Å². The van der Waals surface area contributed by atoms with E-state index in [1.54, 1.807) is 0 Å². The van der Waals surface area contributed by atoms with Crippen LogP contribution in [0, 0.1) is 5.92 Å². The number of halogens is 1. The van der Waals surface area contributed by atoms with Gasteiger partial charge in [0.15, 0.2) is 0 Å². The van der Waals surface area contributed by atoms with Gasteiger partial charge in [-0.25, -0.2) is 0 Å². The molecule has 130 valence electrons. The Hall–Kier alpha value is -1.14. The van der Waals surface area contributed by atoms with Crippen molar-refractivity contribution in [3.63, 3.8) is 0 Å². The van der Waals surface area contributed by atoms with Gasteiger partial charge in [0.25, 0.3) is 0 Å². The quantitative estimate of drug-likeness (QED) is 0.833. The highest BCUT2D eigenvalue weighted by atomic mass is 35.5. The summed E-state index contributed by atoms with van der Waals surface area (Å²) in [4.78, 5) is 17.1. The lowest BCUT2D eigenvalue weighted by Gasteiger charge is -2.34. The molecule has 1 aromatic rings. The van der Waals surface area contributed by atoms with Crippen LogP contribution in [-0.4, -0.2) is 67.3 Å². The van der Waals surface area contributed by atoms with Gasteiger partial charge in [-0.3, -0.25) is 9.69 Å². The van der Waals surface area contributed by atoms with Crippen molar-refractivity contribution in [1.29, 1.82) is 0 Å². The third-order valence-corrected chi connectivity index (χ3v) is 5.44. The number of morpholine rings is 2. The average Bonchev–Trinajstić information content (AvgIpc) is 2.91. The first-order valence-electron chi connectivity index (χ1n) is 8.68. The highest BCUT2D eigenvalue weighted by Gasteiger charge is 2.45. The molecule has 3 fully saturated rings. The zero-order valence-electron chi connectivity index (χ0n) is 13.7. The Balaban J connectivity index is 1.38. The number of benzene rings is 1. The summed E-state index contributed by atoms with van der Waals surface area (Å²) in [6, 6.07) is 7.99. The van der Waals surface area contributed by atoms with Crippen molar-refractivity contribution < 1.29 is 14.3 Å². The van der Waals surface area contributed by atoms with Gasteiger partial charge < -0.3 is 14.4 Å². The zero-order valence-corrected chi connectivity index (χ0v) is 14.5. The molecule has 1 amide bonds. The predicted octanol–water partition coefficient (Wildman–Crippen LogP) is 1.79. The van der Waals surface area contributed by atoms with Gasteiger partial charge in [0, 0.05) is 37.7 Å². The summed E-state index contributed by atoms with van der Waals surface area (Å²) in [5.74, 6) is 0.252. The topological polar surface area (TPSA) is 42.0 Å². The van der Waals surface area contributed by atoms with Gasteiger partial charge in [-0.15, -0.1) is 0 Å². The van der Waals surface area contributed by atoms with Crippen LogP contribution in [-0.2, 0) is 20.8 Å². The molecule has 0 aromatic heterocycles. The van der Waals surface area contributed by atoms with Crippen molar-refractivity contribution >= 4 is 17.5 Å². The van der Waals surface area contributed by atoms with E-state index in [2.05, 4.69) is 17.0 Å². The normalized spacial score (nSPS) is 30.5. The molecule has 0 spiro atoms. The maximum Gasteiger partial charge on any atom is 0.228 e. The molecule has 0 N–H and O–H groups in total. The van der Waals surface area contributed by atoms with Crippen molar-refractivity contribution in [3.05, 3.63) is 34.9 Å². The van der Waals surface area contributed by atoms with Crippen molar-refractivity contribution in [2.24, 2.45) is 5.92 Å². The largest absolute Gasteiger partial charge is 0.378 e. The minimum Gasteiger partial charge on any atom is -0.378 e. The summed E-state index contributed by atoms with van der Waals surface area (Å²) in [6.45, 7) is 5.31. The highest BCUT2D eigenvalue weighted by molar-refractivity contribution is 6.30. The van der Waals surface area contributed by atoms with Gasteiger partial charge in [-0.1, -0.05) is 23.7 Å². The lowest BCUT2D eigenvalue weighted by Crippen LogP contribution is -2.48. The van der Waals surface area contributed by atoms with E-state index in [-0.39, 0.29) is 24.0 Å². The number of carbonyl (C=O) groups is 1. The summed E-state index contributed by atoms with van der Waals surface area (Å²) >= 11 is 5.95. The summed E-state index contributed by atoms with van der Waals surface area (Å²) in [7, 11) is 0. The molecule has 3 atom stereocenters. The van der Waals surface area contributed by atoms with Gasteiger partial charge in [0.1, 0.15) is 0 Å². The molecule has 6 heteroatoms. The summed E-state index contributed by atoms with van der Waals surface area (Å²) in [6.07, 6.45) is 1.04. The van der Waals surface area contributed by atoms with Crippen molar-refractivity contribution in [2.45, 2.75) is 25.2 Å². The van der Waals surface area contributed by atoms with E-state index in [4.69, 9.17) is 21.1 Å². The number of hydrogen-bond acceptors (Lipinski definition) is 4. The van der Waals surface area contributed by atoms with Crippen LogP contribution in [0.25, 0.3) is 0 Å². The van der Waals surface area contributed by atoms with E-state index in [9.17, 15) is 4.79 Å². The standard InChI is InChI=1S/C18H23ClN2O3/c19-14-3-1-13(2-4-14)10-20-11-15-9-16(17(12-20)24-15)18(22)21-5-7-23-8-6-21/h1-4,15-17H,5-12H2/t15-,16+,17+/m0/s1. The van der Waals surface area contributed by atoms with Gasteiger partial charge in [-0.2, -0.15) is 0 Å². The molecule has 3 aliphatic rings. The van der Waals surface area contributed by atoms with E-state index in [1.165, 1.54) is 5.56 Å². The molecule has 5 nitrogen and oxygen atoms in total. The maximum atomic E-state index is 12.8. The van der Waals surface area contributed by atoms with Crippen LogP contribution in [0.4, 0.5) is 0 Å². The van der Waals surface area contributed by atoms with Crippen LogP contribution < -0.4 is 0 Å². The molecule has 3 saturated heterocycles. The minimum absolute atomic E-state index is 0.00307. The Bertz CT molecular complexity index is 588. The molecule has 3 heterocycles. The smallest absolute Gasteiger partial charge is 0.228 e. The zero-order chi connectivity index (χ0) is 16.5. The predicted molar refractivity (Wildman–Crippen MR) is 90.9 cm³/mol. The van der Waals surface area contributed by atoms with E-state index in [0.717, 1.165) is 31.1 Å². The molecular weight excluding hydrogens is 328 g/mol. The molecule has 24 heavy (non-hydrogen) atoms. The Morgan fingerprint density at radius 3 is 2.67 bits per heavy atom. The van der Waals surface area contributed by atoms with E-state index < -0.39 is 0 Å². The molecule has 0 aliphatic carbocycles. The lowest BCUT2D eigenvalue weighted by molar-refractivity contribution is -0.142. The van der Waals surface area contributed by atoms with Crippen LogP contribution in [0.1, 0.15) is 12.0 Å². The van der Waals surface area contributed by atoms with Crippen molar-refractivity contribution in [2.75, 3.05) is 39.4 Å². The van der Waals surface area contributed by atoms with Crippen molar-refractivity contribution in [1.82, 2.24) is 9.80 Å². The molecule has 2 bridgehead atoms. The van der Waals surface area contributed by atoms with Gasteiger partial charge >= 0.3 is 0 Å². The third-order valence-electron chi connectivity index (χ3n) is 5.19. The van der Waals surface area contributed by atoms with Crippen LogP contribution in [0.2, 0.25) is 5.02 Å². The SMILES string of the molecule is O=C([C@@H]1C[C@H]2CN(Cc3ccc(Cl)cc3)C[C@H]1O2)N1CCOCC1. The van der Waals surface area contributed by atoms with Gasteiger partial charge in [0.2, 0.25) is 5.91 Å². The Labute approximate surface area is 147 Å². The second-order valence-corrected chi connectivity index (χ2v) is 7.33. The summed E-state index contributed by atoms with van der Waals surface area (Å²) in [5, 5.41) is 0.761. The second-order valence-electron chi connectivity index (χ2n) is 6.90.